The highest BCUT2D eigenvalue weighted by Crippen LogP contribution is 2.37. The number of thioether (sulfide) groups is 1. The van der Waals surface area contributed by atoms with E-state index in [1.165, 1.54) is 32.1 Å². The average Bonchev–Trinajstić information content (AvgIpc) is 2.90. The molecule has 2 rings (SSSR count). The van der Waals surface area contributed by atoms with Gasteiger partial charge in [0.05, 0.1) is 6.20 Å². The van der Waals surface area contributed by atoms with Crippen LogP contribution in [0, 0.1) is 5.92 Å². The van der Waals surface area contributed by atoms with Crippen LogP contribution in [0.15, 0.2) is 22.1 Å². The predicted octanol–water partition coefficient (Wildman–Crippen LogP) is 3.71. The zero-order valence-corrected chi connectivity index (χ0v) is 12.2. The van der Waals surface area contributed by atoms with Gasteiger partial charge < -0.3 is 9.73 Å². The lowest BCUT2D eigenvalue weighted by Gasteiger charge is -2.35. The van der Waals surface area contributed by atoms with E-state index in [-0.39, 0.29) is 0 Å². The van der Waals surface area contributed by atoms with Crippen molar-refractivity contribution in [2.45, 2.75) is 62.5 Å². The van der Waals surface area contributed by atoms with Crippen LogP contribution in [-0.2, 0) is 0 Å². The topological polar surface area (TPSA) is 38.1 Å². The molecular formula is C14H24N2OS. The van der Waals surface area contributed by atoms with Gasteiger partial charge in [-0.3, -0.25) is 0 Å². The molecule has 1 saturated carbocycles. The van der Waals surface area contributed by atoms with Crippen molar-refractivity contribution in [1.82, 2.24) is 10.3 Å². The first-order valence-corrected chi connectivity index (χ1v) is 8.01. The molecule has 3 unspecified atom stereocenters. The first-order valence-electron chi connectivity index (χ1n) is 7.13. The van der Waals surface area contributed by atoms with Crippen LogP contribution in [0.1, 0.15) is 46.0 Å². The van der Waals surface area contributed by atoms with Crippen LogP contribution in [-0.4, -0.2) is 22.8 Å². The van der Waals surface area contributed by atoms with E-state index in [2.05, 4.69) is 24.1 Å². The Kier molecular flexibility index (Phi) is 5.57. The fourth-order valence-electron chi connectivity index (χ4n) is 2.67. The number of oxazole rings is 1. The highest BCUT2D eigenvalue weighted by atomic mass is 32.2. The van der Waals surface area contributed by atoms with Crippen LogP contribution in [0.2, 0.25) is 0 Å². The molecule has 0 bridgehead atoms. The normalized spacial score (nSPS) is 28.4. The molecule has 1 fully saturated rings. The number of nitrogens with zero attached hydrogens (tertiary/aromatic N) is 1. The monoisotopic (exact) mass is 268 g/mol. The van der Waals surface area contributed by atoms with Gasteiger partial charge in [-0.25, -0.2) is 4.98 Å². The maximum Gasteiger partial charge on any atom is 0.255 e. The van der Waals surface area contributed by atoms with E-state index in [9.17, 15) is 0 Å². The largest absolute Gasteiger partial charge is 0.440 e. The third-order valence-corrected chi connectivity index (χ3v) is 5.02. The van der Waals surface area contributed by atoms with Crippen LogP contribution in [0.5, 0.6) is 0 Å². The van der Waals surface area contributed by atoms with Crippen molar-refractivity contribution < 1.29 is 4.42 Å². The molecule has 102 valence electrons. The second kappa shape index (κ2) is 7.19. The molecule has 0 amide bonds. The number of aromatic nitrogens is 1. The summed E-state index contributed by atoms with van der Waals surface area (Å²) in [6.45, 7) is 5.64. The predicted molar refractivity (Wildman–Crippen MR) is 75.9 cm³/mol. The van der Waals surface area contributed by atoms with Crippen molar-refractivity contribution in [2.75, 3.05) is 6.54 Å². The van der Waals surface area contributed by atoms with E-state index in [4.69, 9.17) is 4.42 Å². The summed E-state index contributed by atoms with van der Waals surface area (Å²) in [4.78, 5) is 4.24. The molecule has 0 radical (unpaired) electrons. The lowest BCUT2D eigenvalue weighted by Crippen LogP contribution is -2.42. The molecule has 1 heterocycles. The summed E-state index contributed by atoms with van der Waals surface area (Å²) in [7, 11) is 0. The zero-order chi connectivity index (χ0) is 12.8. The Morgan fingerprint density at radius 1 is 1.44 bits per heavy atom. The fraction of sp³-hybridized carbons (Fsp3) is 0.786. The van der Waals surface area contributed by atoms with E-state index < -0.39 is 0 Å². The molecule has 18 heavy (non-hydrogen) atoms. The Balaban J connectivity index is 1.94. The average molecular weight is 268 g/mol. The molecule has 0 aromatic carbocycles. The quantitative estimate of drug-likeness (QED) is 0.853. The minimum Gasteiger partial charge on any atom is -0.440 e. The van der Waals surface area contributed by atoms with E-state index in [1.807, 2.05) is 11.8 Å². The summed E-state index contributed by atoms with van der Waals surface area (Å²) in [5, 5.41) is 5.11. The summed E-state index contributed by atoms with van der Waals surface area (Å²) in [6.07, 6.45) is 9.82. The molecular weight excluding hydrogens is 244 g/mol. The van der Waals surface area contributed by atoms with Crippen LogP contribution < -0.4 is 5.32 Å². The number of hydrogen-bond acceptors (Lipinski definition) is 4. The molecule has 4 heteroatoms. The smallest absolute Gasteiger partial charge is 0.255 e. The van der Waals surface area contributed by atoms with Gasteiger partial charge in [0, 0.05) is 11.3 Å². The number of nitrogens with one attached hydrogen (secondary N) is 1. The Labute approximate surface area is 114 Å². The third-order valence-electron chi connectivity index (χ3n) is 3.80. The lowest BCUT2D eigenvalue weighted by molar-refractivity contribution is 0.294. The zero-order valence-electron chi connectivity index (χ0n) is 11.4. The Morgan fingerprint density at radius 2 is 2.33 bits per heavy atom. The van der Waals surface area contributed by atoms with Crippen molar-refractivity contribution in [1.29, 1.82) is 0 Å². The third kappa shape index (κ3) is 3.75. The van der Waals surface area contributed by atoms with E-state index in [1.54, 1.807) is 12.5 Å². The summed E-state index contributed by atoms with van der Waals surface area (Å²) in [5.74, 6) is 0.872. The number of rotatable bonds is 6. The van der Waals surface area contributed by atoms with Gasteiger partial charge in [-0.05, 0) is 38.1 Å². The molecule has 1 aliphatic rings. The van der Waals surface area contributed by atoms with Crippen molar-refractivity contribution >= 4 is 11.8 Å². The van der Waals surface area contributed by atoms with Crippen LogP contribution in [0.4, 0.5) is 0 Å². The Morgan fingerprint density at radius 3 is 3.00 bits per heavy atom. The van der Waals surface area contributed by atoms with Gasteiger partial charge in [0.25, 0.3) is 5.22 Å². The van der Waals surface area contributed by atoms with Crippen molar-refractivity contribution in [2.24, 2.45) is 5.92 Å². The van der Waals surface area contributed by atoms with Gasteiger partial charge in [-0.15, -0.1) is 0 Å². The fourth-order valence-corrected chi connectivity index (χ4v) is 3.93. The van der Waals surface area contributed by atoms with E-state index in [0.29, 0.717) is 11.3 Å². The lowest BCUT2D eigenvalue weighted by atomic mass is 9.84. The molecule has 0 saturated heterocycles. The van der Waals surface area contributed by atoms with E-state index in [0.717, 1.165) is 17.7 Å². The standard InChI is InChI=1S/C14H24N2OS/c1-3-7-15-12-6-5-11(4-2)10-13(12)18-14-16-8-9-17-14/h8-9,11-13,15H,3-7,10H2,1-2H3. The van der Waals surface area contributed by atoms with Gasteiger partial charge in [0.2, 0.25) is 0 Å². The second-order valence-electron chi connectivity index (χ2n) is 5.10. The van der Waals surface area contributed by atoms with Gasteiger partial charge in [-0.2, -0.15) is 0 Å². The molecule has 3 atom stereocenters. The molecule has 3 nitrogen and oxygen atoms in total. The molecule has 1 aromatic heterocycles. The van der Waals surface area contributed by atoms with Crippen LogP contribution >= 0.6 is 11.8 Å². The van der Waals surface area contributed by atoms with Gasteiger partial charge in [0.1, 0.15) is 6.26 Å². The minimum absolute atomic E-state index is 0.605. The van der Waals surface area contributed by atoms with Crippen LogP contribution in [0.3, 0.4) is 0 Å². The summed E-state index contributed by atoms with van der Waals surface area (Å²) >= 11 is 1.81. The Bertz CT molecular complexity index is 329. The van der Waals surface area contributed by atoms with Crippen molar-refractivity contribution in [3.05, 3.63) is 12.5 Å². The minimum atomic E-state index is 0.605. The van der Waals surface area contributed by atoms with Gasteiger partial charge >= 0.3 is 0 Å². The van der Waals surface area contributed by atoms with Crippen molar-refractivity contribution in [3.63, 3.8) is 0 Å². The van der Waals surface area contributed by atoms with Gasteiger partial charge in [-0.1, -0.05) is 32.0 Å². The molecule has 1 N–H and O–H groups in total. The maximum absolute atomic E-state index is 5.38. The van der Waals surface area contributed by atoms with Gasteiger partial charge in [0.15, 0.2) is 0 Å². The first-order chi connectivity index (χ1) is 8.83. The van der Waals surface area contributed by atoms with Crippen molar-refractivity contribution in [3.8, 4) is 0 Å². The highest BCUT2D eigenvalue weighted by Gasteiger charge is 2.31. The summed E-state index contributed by atoms with van der Waals surface area (Å²) < 4.78 is 5.38. The molecule has 1 aliphatic carbocycles. The maximum atomic E-state index is 5.38. The summed E-state index contributed by atoms with van der Waals surface area (Å²) in [5.41, 5.74) is 0. The van der Waals surface area contributed by atoms with E-state index >= 15 is 0 Å². The first kappa shape index (κ1) is 13.9. The van der Waals surface area contributed by atoms with Crippen LogP contribution in [0.25, 0.3) is 0 Å². The molecule has 1 aromatic rings. The molecule has 0 aliphatic heterocycles. The second-order valence-corrected chi connectivity index (χ2v) is 6.29. The molecule has 0 spiro atoms. The summed E-state index contributed by atoms with van der Waals surface area (Å²) in [6, 6.07) is 0.615. The Hall–Kier alpha value is -0.480. The highest BCUT2D eigenvalue weighted by molar-refractivity contribution is 7.99. The SMILES string of the molecule is CCCNC1CCC(CC)CC1Sc1ncco1. The number of hydrogen-bond donors (Lipinski definition) is 1.